The first-order valence-electron chi connectivity index (χ1n) is 8.38. The average molecular weight is 331 g/mol. The van der Waals surface area contributed by atoms with Gasteiger partial charge in [-0.25, -0.2) is 4.39 Å². The van der Waals surface area contributed by atoms with Crippen molar-refractivity contribution in [3.05, 3.63) is 48.5 Å². The second kappa shape index (κ2) is 7.95. The minimum atomic E-state index is -0.373. The van der Waals surface area contributed by atoms with Crippen molar-refractivity contribution in [1.82, 2.24) is 14.7 Å². The zero-order valence-corrected chi connectivity index (χ0v) is 13.6. The van der Waals surface area contributed by atoms with Crippen molar-refractivity contribution >= 4 is 5.91 Å². The van der Waals surface area contributed by atoms with Gasteiger partial charge in [0.15, 0.2) is 11.6 Å². The minimum absolute atomic E-state index is 0.129. The van der Waals surface area contributed by atoms with Crippen LogP contribution in [0, 0.1) is 5.82 Å². The van der Waals surface area contributed by atoms with Crippen LogP contribution < -0.4 is 4.74 Å². The highest BCUT2D eigenvalue weighted by molar-refractivity contribution is 5.76. The third-order valence-corrected chi connectivity index (χ3v) is 4.28. The highest BCUT2D eigenvalue weighted by Crippen LogP contribution is 2.21. The molecule has 0 radical (unpaired) electrons. The number of carbonyl (C=O) groups is 1. The normalized spacial score (nSPS) is 17.7. The van der Waals surface area contributed by atoms with Crippen LogP contribution >= 0.6 is 0 Å². The van der Waals surface area contributed by atoms with Crippen LogP contribution in [0.25, 0.3) is 0 Å². The van der Waals surface area contributed by atoms with Crippen molar-refractivity contribution < 1.29 is 13.9 Å². The lowest BCUT2D eigenvalue weighted by atomic mass is 10.1. The number of halogens is 1. The molecule has 1 aliphatic heterocycles. The Bertz CT molecular complexity index is 660. The SMILES string of the molecule is O=C(CCCOc1ccccc1F)N1CCCC(n2cccn2)C1. The number of piperidine rings is 1. The van der Waals surface area contributed by atoms with E-state index >= 15 is 0 Å². The zero-order chi connectivity index (χ0) is 16.8. The molecule has 1 aromatic carbocycles. The zero-order valence-electron chi connectivity index (χ0n) is 13.6. The topological polar surface area (TPSA) is 47.4 Å². The van der Waals surface area contributed by atoms with Gasteiger partial charge in [-0.2, -0.15) is 5.10 Å². The van der Waals surface area contributed by atoms with Gasteiger partial charge in [-0.05, 0) is 37.5 Å². The Hall–Kier alpha value is -2.37. The molecule has 2 heterocycles. The second-order valence-electron chi connectivity index (χ2n) is 6.00. The van der Waals surface area contributed by atoms with Crippen LogP contribution in [0.15, 0.2) is 42.7 Å². The Labute approximate surface area is 141 Å². The van der Waals surface area contributed by atoms with E-state index in [0.29, 0.717) is 26.0 Å². The lowest BCUT2D eigenvalue weighted by molar-refractivity contribution is -0.133. The van der Waals surface area contributed by atoms with Gasteiger partial charge in [-0.3, -0.25) is 9.48 Å². The van der Waals surface area contributed by atoms with E-state index in [0.717, 1.165) is 19.4 Å². The van der Waals surface area contributed by atoms with Gasteiger partial charge in [0.05, 0.1) is 12.6 Å². The van der Waals surface area contributed by atoms with Gasteiger partial charge < -0.3 is 9.64 Å². The standard InChI is InChI=1S/C18H22FN3O2/c19-16-7-1-2-8-17(16)24-13-4-9-18(23)21-11-3-6-15(14-21)22-12-5-10-20-22/h1-2,5,7-8,10,12,15H,3-4,6,9,11,13-14H2. The fourth-order valence-corrected chi connectivity index (χ4v) is 3.02. The number of likely N-dealkylation sites (tertiary alicyclic amines) is 1. The molecule has 1 unspecified atom stereocenters. The maximum absolute atomic E-state index is 13.4. The summed E-state index contributed by atoms with van der Waals surface area (Å²) in [6, 6.07) is 8.47. The number of rotatable bonds is 6. The number of aromatic nitrogens is 2. The number of hydrogen-bond donors (Lipinski definition) is 0. The number of ether oxygens (including phenoxy) is 1. The van der Waals surface area contributed by atoms with E-state index in [9.17, 15) is 9.18 Å². The Morgan fingerprint density at radius 3 is 3.00 bits per heavy atom. The van der Waals surface area contributed by atoms with Gasteiger partial charge in [0.2, 0.25) is 5.91 Å². The summed E-state index contributed by atoms with van der Waals surface area (Å²) < 4.78 is 20.8. The molecule has 24 heavy (non-hydrogen) atoms. The molecular weight excluding hydrogens is 309 g/mol. The third kappa shape index (κ3) is 4.13. The first-order chi connectivity index (χ1) is 11.7. The van der Waals surface area contributed by atoms with Crippen LogP contribution in [0.1, 0.15) is 31.7 Å². The number of carbonyl (C=O) groups excluding carboxylic acids is 1. The predicted octanol–water partition coefficient (Wildman–Crippen LogP) is 3.04. The molecule has 1 fully saturated rings. The van der Waals surface area contributed by atoms with E-state index in [2.05, 4.69) is 5.10 Å². The molecule has 0 bridgehead atoms. The van der Waals surface area contributed by atoms with E-state index in [1.165, 1.54) is 6.07 Å². The summed E-state index contributed by atoms with van der Waals surface area (Å²) in [7, 11) is 0. The highest BCUT2D eigenvalue weighted by atomic mass is 19.1. The van der Waals surface area contributed by atoms with Crippen molar-refractivity contribution in [2.24, 2.45) is 0 Å². The summed E-state index contributed by atoms with van der Waals surface area (Å²) in [5.74, 6) is -0.00687. The molecular formula is C18H22FN3O2. The van der Waals surface area contributed by atoms with Gasteiger partial charge in [-0.1, -0.05) is 12.1 Å². The van der Waals surface area contributed by atoms with Gasteiger partial charge in [0, 0.05) is 31.9 Å². The molecule has 0 N–H and O–H groups in total. The summed E-state index contributed by atoms with van der Waals surface area (Å²) in [4.78, 5) is 14.3. The molecule has 3 rings (SSSR count). The van der Waals surface area contributed by atoms with Gasteiger partial charge in [-0.15, -0.1) is 0 Å². The molecule has 6 heteroatoms. The van der Waals surface area contributed by atoms with Crippen molar-refractivity contribution in [1.29, 1.82) is 0 Å². The van der Waals surface area contributed by atoms with E-state index in [1.807, 2.05) is 21.8 Å². The Morgan fingerprint density at radius 2 is 2.21 bits per heavy atom. The van der Waals surface area contributed by atoms with E-state index in [1.54, 1.807) is 24.4 Å². The van der Waals surface area contributed by atoms with Gasteiger partial charge in [0.1, 0.15) is 0 Å². The smallest absolute Gasteiger partial charge is 0.222 e. The lowest BCUT2D eigenvalue weighted by Gasteiger charge is -2.33. The van der Waals surface area contributed by atoms with Crippen molar-refractivity contribution in [3.8, 4) is 5.75 Å². The molecule has 1 atom stereocenters. The number of hydrogen-bond acceptors (Lipinski definition) is 3. The molecule has 0 spiro atoms. The molecule has 1 aromatic heterocycles. The first-order valence-corrected chi connectivity index (χ1v) is 8.38. The summed E-state index contributed by atoms with van der Waals surface area (Å²) in [5, 5.41) is 4.27. The quantitative estimate of drug-likeness (QED) is 0.765. The van der Waals surface area contributed by atoms with Crippen LogP contribution in [0.5, 0.6) is 5.75 Å². The highest BCUT2D eigenvalue weighted by Gasteiger charge is 2.24. The minimum Gasteiger partial charge on any atom is -0.491 e. The predicted molar refractivity (Wildman–Crippen MR) is 88.2 cm³/mol. The Balaban J connectivity index is 1.42. The number of nitrogens with zero attached hydrogens (tertiary/aromatic N) is 3. The van der Waals surface area contributed by atoms with Crippen LogP contribution in [0.3, 0.4) is 0 Å². The van der Waals surface area contributed by atoms with Gasteiger partial charge >= 0.3 is 0 Å². The number of amides is 1. The lowest BCUT2D eigenvalue weighted by Crippen LogP contribution is -2.40. The van der Waals surface area contributed by atoms with Crippen LogP contribution in [0.2, 0.25) is 0 Å². The Morgan fingerprint density at radius 1 is 1.33 bits per heavy atom. The molecule has 0 saturated carbocycles. The Kier molecular flexibility index (Phi) is 5.46. The fraction of sp³-hybridized carbons (Fsp3) is 0.444. The maximum atomic E-state index is 13.4. The van der Waals surface area contributed by atoms with Crippen LogP contribution in [0.4, 0.5) is 4.39 Å². The van der Waals surface area contributed by atoms with Crippen molar-refractivity contribution in [3.63, 3.8) is 0 Å². The van der Waals surface area contributed by atoms with E-state index < -0.39 is 0 Å². The van der Waals surface area contributed by atoms with Crippen LogP contribution in [-0.4, -0.2) is 40.3 Å². The summed E-state index contributed by atoms with van der Waals surface area (Å²) in [5.41, 5.74) is 0. The van der Waals surface area contributed by atoms with Gasteiger partial charge in [0.25, 0.3) is 0 Å². The van der Waals surface area contributed by atoms with Crippen molar-refractivity contribution in [2.45, 2.75) is 31.7 Å². The largest absolute Gasteiger partial charge is 0.491 e. The van der Waals surface area contributed by atoms with E-state index in [-0.39, 0.29) is 23.5 Å². The van der Waals surface area contributed by atoms with E-state index in [4.69, 9.17) is 4.74 Å². The molecule has 1 aliphatic rings. The fourth-order valence-electron chi connectivity index (χ4n) is 3.02. The van der Waals surface area contributed by atoms with Crippen molar-refractivity contribution in [2.75, 3.05) is 19.7 Å². The molecule has 0 aliphatic carbocycles. The monoisotopic (exact) mass is 331 g/mol. The summed E-state index contributed by atoms with van der Waals surface area (Å²) in [6.45, 7) is 1.84. The first kappa shape index (κ1) is 16.5. The van der Waals surface area contributed by atoms with Crippen LogP contribution in [-0.2, 0) is 4.79 Å². The molecule has 2 aromatic rings. The molecule has 128 valence electrons. The number of benzene rings is 1. The maximum Gasteiger partial charge on any atom is 0.222 e. The average Bonchev–Trinajstić information content (AvgIpc) is 3.15. The second-order valence-corrected chi connectivity index (χ2v) is 6.00. The summed E-state index contributed by atoms with van der Waals surface area (Å²) in [6.07, 6.45) is 6.74. The molecule has 1 amide bonds. The molecule has 1 saturated heterocycles. The molecule has 5 nitrogen and oxygen atoms in total. The summed E-state index contributed by atoms with van der Waals surface area (Å²) >= 11 is 0. The third-order valence-electron chi connectivity index (χ3n) is 4.28. The number of para-hydroxylation sites is 1.